The Labute approximate surface area is 361 Å². The number of hydrogen-bond acceptors (Lipinski definition) is 12. The SMILES string of the molecule is CC(C)(C)CC1(C)CC(=O)NC1=O.CC(C)(C)CC1(C)SC(=O)NC1=O.CC(C)(C)CC1CC(=O)NC1=O.CC(C)(C)CC1SC(=O)NC1=O.CC(C)(C)CS(=O)(=O)O. The molecule has 4 aliphatic heterocycles. The van der Waals surface area contributed by atoms with Gasteiger partial charge in [-0.25, -0.2) is 0 Å². The van der Waals surface area contributed by atoms with E-state index >= 15 is 0 Å². The fourth-order valence-corrected chi connectivity index (χ4v) is 10.3. The van der Waals surface area contributed by atoms with E-state index in [1.54, 1.807) is 20.8 Å². The van der Waals surface area contributed by atoms with Crippen LogP contribution in [0.15, 0.2) is 0 Å². The van der Waals surface area contributed by atoms with E-state index in [-0.39, 0.29) is 89.9 Å². The molecule has 340 valence electrons. The lowest BCUT2D eigenvalue weighted by atomic mass is 9.74. The highest BCUT2D eigenvalue weighted by atomic mass is 32.2. The molecule has 18 heteroatoms. The molecule has 4 saturated heterocycles. The predicted molar refractivity (Wildman–Crippen MR) is 234 cm³/mol. The number of imide groups is 4. The maximum Gasteiger partial charge on any atom is 0.286 e. The molecule has 0 spiro atoms. The van der Waals surface area contributed by atoms with Gasteiger partial charge in [-0.15, -0.1) is 0 Å². The molecular weight excluding hydrogens is 821 g/mol. The minimum atomic E-state index is -3.78. The van der Waals surface area contributed by atoms with Gasteiger partial charge in [0.1, 0.15) is 4.75 Å². The largest absolute Gasteiger partial charge is 0.296 e. The summed E-state index contributed by atoms with van der Waals surface area (Å²) in [6.07, 6.45) is 3.69. The average molecular weight is 893 g/mol. The molecule has 0 aromatic rings. The van der Waals surface area contributed by atoms with Crippen molar-refractivity contribution in [2.24, 2.45) is 38.4 Å². The van der Waals surface area contributed by atoms with Gasteiger partial charge in [0.25, 0.3) is 20.6 Å². The second kappa shape index (κ2) is 20.8. The zero-order chi connectivity index (χ0) is 47.0. The standard InChI is InChI=1S/C10H17NO2.C9H15NO2S.C9H15NO2.C8H13NO2S.C5H12O3S/c1-9(2,3)6-10(4)5-7(12)11-8(10)13;1-8(2,3)5-9(4)6(11)10-7(12)13-9;1-9(2,3)5-6-4-7(11)10-8(6)12;1-8(2,3)4-5-6(10)9-7(11)12-5;1-5(2,3)4-9(6,7)8/h5-6H2,1-4H3,(H,11,12,13);5H2,1-4H3,(H,10,11,12);6H,4-5H2,1-3H3,(H,10,11,12);5H,4H2,1-3H3,(H,9,10,11);4H2,1-3H3,(H,6,7,8). The summed E-state index contributed by atoms with van der Waals surface area (Å²) in [7, 11) is -3.78. The average Bonchev–Trinajstić information content (AvgIpc) is 3.56. The van der Waals surface area contributed by atoms with E-state index in [0.717, 1.165) is 42.8 Å². The van der Waals surface area contributed by atoms with Crippen LogP contribution in [0.25, 0.3) is 0 Å². The summed E-state index contributed by atoms with van der Waals surface area (Å²) in [5, 5.41) is 8.63. The van der Waals surface area contributed by atoms with Crippen molar-refractivity contribution in [2.75, 3.05) is 5.75 Å². The molecule has 4 rings (SSSR count). The van der Waals surface area contributed by atoms with Crippen molar-refractivity contribution < 1.29 is 51.3 Å². The van der Waals surface area contributed by atoms with Crippen molar-refractivity contribution in [1.82, 2.24) is 21.3 Å². The molecule has 5 N–H and O–H groups in total. The Morgan fingerprint density at radius 2 is 1.08 bits per heavy atom. The molecule has 4 atom stereocenters. The summed E-state index contributed by atoms with van der Waals surface area (Å²) in [6.45, 7) is 33.8. The molecule has 59 heavy (non-hydrogen) atoms. The molecule has 0 aromatic heterocycles. The van der Waals surface area contributed by atoms with Gasteiger partial charge in [0, 0.05) is 18.8 Å². The van der Waals surface area contributed by atoms with Crippen LogP contribution in [0.5, 0.6) is 0 Å². The van der Waals surface area contributed by atoms with Gasteiger partial charge in [0.05, 0.1) is 16.4 Å². The van der Waals surface area contributed by atoms with Crippen molar-refractivity contribution in [3.8, 4) is 0 Å². The third-order valence-corrected chi connectivity index (χ3v) is 11.5. The summed E-state index contributed by atoms with van der Waals surface area (Å²) in [6, 6.07) is 0. The highest BCUT2D eigenvalue weighted by Gasteiger charge is 2.46. The van der Waals surface area contributed by atoms with Crippen LogP contribution in [0.1, 0.15) is 156 Å². The number of nitrogens with one attached hydrogen (secondary N) is 4. The maximum atomic E-state index is 11.5. The topological polar surface area (TPSA) is 239 Å². The lowest BCUT2D eigenvalue weighted by Gasteiger charge is -2.28. The van der Waals surface area contributed by atoms with E-state index in [2.05, 4.69) is 104 Å². The first-order valence-corrected chi connectivity index (χ1v) is 22.9. The van der Waals surface area contributed by atoms with Crippen LogP contribution in [0.3, 0.4) is 0 Å². The first kappa shape index (κ1) is 56.2. The Morgan fingerprint density at radius 3 is 1.36 bits per heavy atom. The first-order chi connectivity index (χ1) is 25.9. The summed E-state index contributed by atoms with van der Waals surface area (Å²) >= 11 is 2.20. The van der Waals surface area contributed by atoms with Gasteiger partial charge >= 0.3 is 0 Å². The zero-order valence-electron chi connectivity index (χ0n) is 38.4. The Balaban J connectivity index is 0.000000717. The fraction of sp³-hybridized carbons (Fsp3) is 0.805. The Morgan fingerprint density at radius 1 is 0.593 bits per heavy atom. The van der Waals surface area contributed by atoms with E-state index in [4.69, 9.17) is 4.55 Å². The minimum Gasteiger partial charge on any atom is -0.296 e. The zero-order valence-corrected chi connectivity index (χ0v) is 40.8. The third kappa shape index (κ3) is 24.9. The van der Waals surface area contributed by atoms with Crippen LogP contribution in [0, 0.1) is 38.4 Å². The molecule has 4 unspecified atom stereocenters. The number of amides is 8. The van der Waals surface area contributed by atoms with Crippen LogP contribution in [-0.4, -0.2) is 74.6 Å². The second-order valence-electron chi connectivity index (χ2n) is 22.2. The van der Waals surface area contributed by atoms with Gasteiger partial charge < -0.3 is 0 Å². The Hall–Kier alpha value is -2.83. The number of hydrogen-bond donors (Lipinski definition) is 5. The second-order valence-corrected chi connectivity index (χ2v) is 26.3. The first-order valence-electron chi connectivity index (χ1n) is 19.6. The number of rotatable bonds is 5. The molecule has 0 saturated carbocycles. The molecular formula is C41H72N4O11S3. The van der Waals surface area contributed by atoms with E-state index in [1.165, 1.54) is 0 Å². The van der Waals surface area contributed by atoms with E-state index in [0.29, 0.717) is 19.3 Å². The minimum absolute atomic E-state index is 0.0592. The van der Waals surface area contributed by atoms with Crippen molar-refractivity contribution >= 4 is 79.6 Å². The number of thioether (sulfide) groups is 2. The summed E-state index contributed by atoms with van der Waals surface area (Å²) < 4.78 is 28.2. The van der Waals surface area contributed by atoms with E-state index in [9.17, 15) is 46.8 Å². The molecule has 15 nitrogen and oxygen atoms in total. The van der Waals surface area contributed by atoms with Crippen molar-refractivity contribution in [2.45, 2.75) is 166 Å². The van der Waals surface area contributed by atoms with Crippen LogP contribution < -0.4 is 21.3 Å². The number of carbonyl (C=O) groups is 8. The van der Waals surface area contributed by atoms with Gasteiger partial charge in [-0.05, 0) is 71.4 Å². The Bertz CT molecular complexity index is 1590. The van der Waals surface area contributed by atoms with Crippen molar-refractivity contribution in [3.05, 3.63) is 0 Å². The summed E-state index contributed by atoms with van der Waals surface area (Å²) in [5.74, 6) is -1.07. The highest BCUT2D eigenvalue weighted by Crippen LogP contribution is 2.41. The molecule has 4 heterocycles. The maximum absolute atomic E-state index is 11.5. The Kier molecular flexibility index (Phi) is 19.8. The molecule has 0 bridgehead atoms. The highest BCUT2D eigenvalue weighted by molar-refractivity contribution is 8.16. The van der Waals surface area contributed by atoms with Crippen LogP contribution >= 0.6 is 23.5 Å². The smallest absolute Gasteiger partial charge is 0.286 e. The van der Waals surface area contributed by atoms with Crippen molar-refractivity contribution in [1.29, 1.82) is 0 Å². The predicted octanol–water partition coefficient (Wildman–Crippen LogP) is 7.42. The van der Waals surface area contributed by atoms with Crippen LogP contribution in [0.4, 0.5) is 9.59 Å². The third-order valence-electron chi connectivity index (χ3n) is 8.26. The molecule has 0 aliphatic carbocycles. The lowest BCUT2D eigenvalue weighted by Crippen LogP contribution is -2.36. The fourth-order valence-electron chi connectivity index (χ4n) is 6.84. The van der Waals surface area contributed by atoms with Gasteiger partial charge in [-0.1, -0.05) is 123 Å². The molecule has 8 amide bonds. The van der Waals surface area contributed by atoms with Crippen molar-refractivity contribution in [3.63, 3.8) is 0 Å². The monoisotopic (exact) mass is 892 g/mol. The van der Waals surface area contributed by atoms with Gasteiger partial charge in [-0.2, -0.15) is 8.42 Å². The molecule has 4 aliphatic rings. The van der Waals surface area contributed by atoms with Crippen LogP contribution in [0.2, 0.25) is 0 Å². The normalized spacial score (nSPS) is 24.9. The van der Waals surface area contributed by atoms with E-state index in [1.807, 2.05) is 13.8 Å². The summed E-state index contributed by atoms with van der Waals surface area (Å²) in [4.78, 5) is 88.7. The van der Waals surface area contributed by atoms with E-state index < -0.39 is 20.3 Å². The quantitative estimate of drug-likeness (QED) is 0.134. The van der Waals surface area contributed by atoms with Gasteiger partial charge in [0.15, 0.2) is 0 Å². The molecule has 0 aromatic carbocycles. The number of carbonyl (C=O) groups excluding carboxylic acids is 8. The lowest BCUT2D eigenvalue weighted by molar-refractivity contribution is -0.129. The molecule has 4 fully saturated rings. The summed E-state index contributed by atoms with van der Waals surface area (Å²) in [5.41, 5.74) is -0.490. The van der Waals surface area contributed by atoms with Gasteiger partial charge in [0.2, 0.25) is 35.4 Å². The van der Waals surface area contributed by atoms with Crippen LogP contribution in [-0.2, 0) is 38.9 Å². The van der Waals surface area contributed by atoms with Gasteiger partial charge in [-0.3, -0.25) is 64.2 Å². The molecule has 0 radical (unpaired) electrons.